The zero-order valence-electron chi connectivity index (χ0n) is 15.0. The van der Waals surface area contributed by atoms with E-state index in [0.717, 1.165) is 30.0 Å². The molecule has 0 aromatic heterocycles. The van der Waals surface area contributed by atoms with E-state index in [1.807, 2.05) is 55.6 Å². The summed E-state index contributed by atoms with van der Waals surface area (Å²) in [7, 11) is 5.53. The first-order chi connectivity index (χ1) is 11.5. The molecule has 2 aromatic rings. The largest absolute Gasteiger partial charge is 0.497 e. The van der Waals surface area contributed by atoms with Crippen LogP contribution in [0.3, 0.4) is 0 Å². The van der Waals surface area contributed by atoms with Crippen molar-refractivity contribution in [1.82, 2.24) is 4.90 Å². The molecule has 128 valence electrons. The van der Waals surface area contributed by atoms with Crippen LogP contribution in [0.5, 0.6) is 5.75 Å². The number of nitrogens with zero attached hydrogens (tertiary/aromatic N) is 2. The van der Waals surface area contributed by atoms with Gasteiger partial charge >= 0.3 is 0 Å². The van der Waals surface area contributed by atoms with Crippen LogP contribution in [0, 0.1) is 0 Å². The molecule has 0 N–H and O–H groups in total. The summed E-state index contributed by atoms with van der Waals surface area (Å²) in [5.74, 6) is 0.843. The summed E-state index contributed by atoms with van der Waals surface area (Å²) in [6, 6.07) is 15.6. The number of hydrogen-bond acceptors (Lipinski definition) is 3. The summed E-state index contributed by atoms with van der Waals surface area (Å²) in [5, 5.41) is 0. The molecule has 4 nitrogen and oxygen atoms in total. The molecule has 2 aromatic carbocycles. The minimum atomic E-state index is 0.0236. The van der Waals surface area contributed by atoms with Crippen LogP contribution in [-0.2, 0) is 6.54 Å². The molecule has 0 saturated heterocycles. The molecule has 0 heterocycles. The number of amides is 1. The lowest BCUT2D eigenvalue weighted by atomic mass is 10.1. The Bertz CT molecular complexity index is 650. The summed E-state index contributed by atoms with van der Waals surface area (Å²) in [6.45, 7) is 3.73. The molecule has 0 aliphatic carbocycles. The second-order valence-electron chi connectivity index (χ2n) is 5.98. The minimum absolute atomic E-state index is 0.0236. The molecule has 0 aliphatic heterocycles. The Balaban J connectivity index is 2.01. The molecule has 0 radical (unpaired) electrons. The Kier molecular flexibility index (Phi) is 6.24. The molecule has 4 heteroatoms. The van der Waals surface area contributed by atoms with Crippen molar-refractivity contribution in [2.75, 3.05) is 32.6 Å². The molecular formula is C20H26N2O2. The maximum Gasteiger partial charge on any atom is 0.253 e. The third kappa shape index (κ3) is 4.51. The van der Waals surface area contributed by atoms with E-state index in [-0.39, 0.29) is 5.91 Å². The smallest absolute Gasteiger partial charge is 0.253 e. The van der Waals surface area contributed by atoms with Crippen molar-refractivity contribution in [2.24, 2.45) is 0 Å². The Hall–Kier alpha value is -2.49. The van der Waals surface area contributed by atoms with Crippen molar-refractivity contribution >= 4 is 11.6 Å². The van der Waals surface area contributed by atoms with Crippen LogP contribution in [0.25, 0.3) is 0 Å². The van der Waals surface area contributed by atoms with Crippen LogP contribution in [0.15, 0.2) is 48.5 Å². The lowest BCUT2D eigenvalue weighted by molar-refractivity contribution is 0.0785. The van der Waals surface area contributed by atoms with Gasteiger partial charge in [0.2, 0.25) is 0 Å². The van der Waals surface area contributed by atoms with E-state index in [1.54, 1.807) is 12.0 Å². The highest BCUT2D eigenvalue weighted by atomic mass is 16.5. The predicted octanol–water partition coefficient (Wildman–Crippen LogP) is 3.81. The van der Waals surface area contributed by atoms with Crippen molar-refractivity contribution in [3.8, 4) is 5.75 Å². The Morgan fingerprint density at radius 3 is 2.17 bits per heavy atom. The Morgan fingerprint density at radius 2 is 1.62 bits per heavy atom. The van der Waals surface area contributed by atoms with Gasteiger partial charge in [0, 0.05) is 38.4 Å². The van der Waals surface area contributed by atoms with Gasteiger partial charge in [-0.2, -0.15) is 0 Å². The van der Waals surface area contributed by atoms with Gasteiger partial charge in [-0.15, -0.1) is 0 Å². The fraction of sp³-hybridized carbons (Fsp3) is 0.350. The van der Waals surface area contributed by atoms with Gasteiger partial charge in [-0.1, -0.05) is 19.1 Å². The van der Waals surface area contributed by atoms with Gasteiger partial charge in [0.1, 0.15) is 5.75 Å². The van der Waals surface area contributed by atoms with Crippen LogP contribution in [0.4, 0.5) is 5.69 Å². The van der Waals surface area contributed by atoms with Gasteiger partial charge in [0.05, 0.1) is 7.11 Å². The zero-order chi connectivity index (χ0) is 17.5. The second kappa shape index (κ2) is 8.39. The van der Waals surface area contributed by atoms with Gasteiger partial charge in [0.25, 0.3) is 5.91 Å². The highest BCUT2D eigenvalue weighted by Crippen LogP contribution is 2.17. The maximum absolute atomic E-state index is 12.6. The number of methoxy groups -OCH3 is 1. The predicted molar refractivity (Wildman–Crippen MR) is 98.8 cm³/mol. The number of ether oxygens (including phenoxy) is 1. The summed E-state index contributed by atoms with van der Waals surface area (Å²) in [4.78, 5) is 16.5. The number of carbonyl (C=O) groups excluding carboxylic acids is 1. The standard InChI is InChI=1S/C20H26N2O2/c1-5-14-21(2)18-10-8-17(9-11-18)20(23)22(3)15-16-6-12-19(24-4)13-7-16/h6-13H,5,14-15H2,1-4H3. The normalized spacial score (nSPS) is 10.3. The second-order valence-corrected chi connectivity index (χ2v) is 5.98. The molecule has 0 atom stereocenters. The SMILES string of the molecule is CCCN(C)c1ccc(C(=O)N(C)Cc2ccc(OC)cc2)cc1. The van der Waals surface area contributed by atoms with Crippen LogP contribution >= 0.6 is 0 Å². The molecular weight excluding hydrogens is 300 g/mol. The molecule has 24 heavy (non-hydrogen) atoms. The summed E-state index contributed by atoms with van der Waals surface area (Å²) >= 11 is 0. The van der Waals surface area contributed by atoms with Gasteiger partial charge in [0.15, 0.2) is 0 Å². The Morgan fingerprint density at radius 1 is 1.00 bits per heavy atom. The van der Waals surface area contributed by atoms with Crippen LogP contribution in [0.1, 0.15) is 29.3 Å². The first-order valence-corrected chi connectivity index (χ1v) is 8.24. The van der Waals surface area contributed by atoms with Crippen LogP contribution in [-0.4, -0.2) is 38.6 Å². The van der Waals surface area contributed by atoms with Crippen molar-refractivity contribution < 1.29 is 9.53 Å². The third-order valence-electron chi connectivity index (χ3n) is 4.04. The molecule has 0 unspecified atom stereocenters. The zero-order valence-corrected chi connectivity index (χ0v) is 15.0. The van der Waals surface area contributed by atoms with Gasteiger partial charge in [-0.05, 0) is 48.4 Å². The first kappa shape index (κ1) is 17.9. The number of carbonyl (C=O) groups is 1. The summed E-state index contributed by atoms with van der Waals surface area (Å²) in [6.07, 6.45) is 1.10. The molecule has 1 amide bonds. The monoisotopic (exact) mass is 326 g/mol. The lowest BCUT2D eigenvalue weighted by Crippen LogP contribution is -2.26. The molecule has 0 bridgehead atoms. The number of hydrogen-bond donors (Lipinski definition) is 0. The Labute approximate surface area is 144 Å². The van der Waals surface area contributed by atoms with E-state index in [4.69, 9.17) is 4.74 Å². The van der Waals surface area contributed by atoms with E-state index < -0.39 is 0 Å². The molecule has 0 spiro atoms. The maximum atomic E-state index is 12.6. The van der Waals surface area contributed by atoms with Crippen molar-refractivity contribution in [3.05, 3.63) is 59.7 Å². The van der Waals surface area contributed by atoms with E-state index in [1.165, 1.54) is 0 Å². The summed E-state index contributed by atoms with van der Waals surface area (Å²) in [5.41, 5.74) is 2.91. The first-order valence-electron chi connectivity index (χ1n) is 8.24. The van der Waals surface area contributed by atoms with Crippen molar-refractivity contribution in [3.63, 3.8) is 0 Å². The highest BCUT2D eigenvalue weighted by Gasteiger charge is 2.12. The molecule has 2 rings (SSSR count). The topological polar surface area (TPSA) is 32.8 Å². The number of anilines is 1. The van der Waals surface area contributed by atoms with Crippen LogP contribution in [0.2, 0.25) is 0 Å². The highest BCUT2D eigenvalue weighted by molar-refractivity contribution is 5.94. The number of benzene rings is 2. The number of rotatable bonds is 7. The van der Waals surface area contributed by atoms with E-state index in [0.29, 0.717) is 12.1 Å². The average molecular weight is 326 g/mol. The van der Waals surface area contributed by atoms with Crippen LogP contribution < -0.4 is 9.64 Å². The van der Waals surface area contributed by atoms with Gasteiger partial charge < -0.3 is 14.5 Å². The molecule has 0 saturated carbocycles. The van der Waals surface area contributed by atoms with E-state index in [2.05, 4.69) is 18.9 Å². The third-order valence-corrected chi connectivity index (χ3v) is 4.04. The van der Waals surface area contributed by atoms with E-state index in [9.17, 15) is 4.79 Å². The van der Waals surface area contributed by atoms with Crippen molar-refractivity contribution in [2.45, 2.75) is 19.9 Å². The molecule has 0 aliphatic rings. The molecule has 0 fully saturated rings. The average Bonchev–Trinajstić information content (AvgIpc) is 2.62. The lowest BCUT2D eigenvalue weighted by Gasteiger charge is -2.20. The summed E-state index contributed by atoms with van der Waals surface area (Å²) < 4.78 is 5.15. The van der Waals surface area contributed by atoms with E-state index >= 15 is 0 Å². The van der Waals surface area contributed by atoms with Gasteiger partial charge in [-0.3, -0.25) is 4.79 Å². The minimum Gasteiger partial charge on any atom is -0.497 e. The fourth-order valence-corrected chi connectivity index (χ4v) is 2.62. The van der Waals surface area contributed by atoms with Crippen molar-refractivity contribution in [1.29, 1.82) is 0 Å². The van der Waals surface area contributed by atoms with Gasteiger partial charge in [-0.25, -0.2) is 0 Å². The quantitative estimate of drug-likeness (QED) is 0.775. The fourth-order valence-electron chi connectivity index (χ4n) is 2.62.